The molecule has 1 aliphatic rings. The second-order valence-corrected chi connectivity index (χ2v) is 5.34. The highest BCUT2D eigenvalue weighted by molar-refractivity contribution is 7.10. The number of anilines is 2. The fraction of sp³-hybridized carbons (Fsp3) is 0.231. The van der Waals surface area contributed by atoms with E-state index in [2.05, 4.69) is 0 Å². The minimum absolute atomic E-state index is 0.187. The minimum Gasteiger partial charge on any atom is -0.397 e. The lowest BCUT2D eigenvalue weighted by Gasteiger charge is -2.30. The summed E-state index contributed by atoms with van der Waals surface area (Å²) in [6.45, 7) is 1.25. The summed E-state index contributed by atoms with van der Waals surface area (Å²) in [4.78, 5) is 3.13. The van der Waals surface area contributed by atoms with Crippen LogP contribution in [0.1, 0.15) is 10.4 Å². The van der Waals surface area contributed by atoms with Gasteiger partial charge < -0.3 is 10.6 Å². The fourth-order valence-corrected chi connectivity index (χ4v) is 3.21. The number of benzene rings is 1. The van der Waals surface area contributed by atoms with E-state index in [-0.39, 0.29) is 11.4 Å². The molecule has 2 nitrogen and oxygen atoms in total. The molecule has 0 amide bonds. The molecule has 0 radical (unpaired) electrons. The van der Waals surface area contributed by atoms with Crippen molar-refractivity contribution >= 4 is 22.7 Å². The molecule has 0 saturated heterocycles. The second-order valence-electron chi connectivity index (χ2n) is 4.34. The molecule has 3 rings (SSSR count). The summed E-state index contributed by atoms with van der Waals surface area (Å²) in [6.07, 6.45) is 0.850. The first-order valence-electron chi connectivity index (χ1n) is 5.70. The number of nitrogens with two attached hydrogens (primary N) is 1. The molecule has 0 unspecified atom stereocenters. The summed E-state index contributed by atoms with van der Waals surface area (Å²) >= 11 is 1.71. The van der Waals surface area contributed by atoms with Crippen molar-refractivity contribution < 1.29 is 8.78 Å². The number of thiophene rings is 1. The molecule has 0 saturated carbocycles. The summed E-state index contributed by atoms with van der Waals surface area (Å²) in [5.41, 5.74) is 7.42. The lowest BCUT2D eigenvalue weighted by molar-refractivity contribution is 0.505. The normalized spacial score (nSPS) is 14.7. The Morgan fingerprint density at radius 3 is 2.89 bits per heavy atom. The van der Waals surface area contributed by atoms with Crippen LogP contribution < -0.4 is 10.6 Å². The van der Waals surface area contributed by atoms with E-state index in [1.807, 2.05) is 16.3 Å². The molecule has 1 aliphatic heterocycles. The van der Waals surface area contributed by atoms with E-state index in [1.54, 1.807) is 11.3 Å². The van der Waals surface area contributed by atoms with E-state index in [0.29, 0.717) is 13.1 Å². The van der Waals surface area contributed by atoms with Crippen LogP contribution in [-0.4, -0.2) is 6.54 Å². The van der Waals surface area contributed by atoms with Crippen LogP contribution in [0.3, 0.4) is 0 Å². The first-order chi connectivity index (χ1) is 8.66. The molecule has 0 spiro atoms. The Morgan fingerprint density at radius 1 is 1.22 bits per heavy atom. The summed E-state index contributed by atoms with van der Waals surface area (Å²) in [5.74, 6) is -1.70. The second kappa shape index (κ2) is 4.24. The van der Waals surface area contributed by atoms with E-state index < -0.39 is 11.6 Å². The SMILES string of the molecule is Nc1ccc(F)c(F)c1N1CCc2sccc2C1. The molecule has 1 aromatic carbocycles. The first kappa shape index (κ1) is 11.5. The maximum atomic E-state index is 13.9. The van der Waals surface area contributed by atoms with Crippen molar-refractivity contribution in [3.8, 4) is 0 Å². The number of fused-ring (bicyclic) bond motifs is 1. The van der Waals surface area contributed by atoms with Crippen LogP contribution >= 0.6 is 11.3 Å². The molecule has 2 heterocycles. The van der Waals surface area contributed by atoms with Crippen molar-refractivity contribution in [3.63, 3.8) is 0 Å². The van der Waals surface area contributed by atoms with Gasteiger partial charge in [0.15, 0.2) is 11.6 Å². The standard InChI is InChI=1S/C13H12F2N2S/c14-9-1-2-10(16)13(12(9)15)17-5-3-11-8(7-17)4-6-18-11/h1-2,4,6H,3,5,7,16H2. The summed E-state index contributed by atoms with van der Waals surface area (Å²) in [6, 6.07) is 4.50. The molecule has 0 atom stereocenters. The third-order valence-corrected chi connectivity index (χ3v) is 4.25. The van der Waals surface area contributed by atoms with E-state index >= 15 is 0 Å². The number of halogens is 2. The molecule has 2 aromatic rings. The van der Waals surface area contributed by atoms with Crippen LogP contribution in [0.2, 0.25) is 0 Å². The van der Waals surface area contributed by atoms with Crippen LogP contribution in [0.25, 0.3) is 0 Å². The molecule has 0 aliphatic carbocycles. The maximum absolute atomic E-state index is 13.9. The van der Waals surface area contributed by atoms with Gasteiger partial charge in [-0.2, -0.15) is 0 Å². The zero-order chi connectivity index (χ0) is 12.7. The Kier molecular flexibility index (Phi) is 2.70. The van der Waals surface area contributed by atoms with Gasteiger partial charge in [-0.05, 0) is 35.6 Å². The molecular weight excluding hydrogens is 254 g/mol. The Morgan fingerprint density at radius 2 is 2.06 bits per heavy atom. The zero-order valence-electron chi connectivity index (χ0n) is 9.62. The Bertz CT molecular complexity index is 595. The highest BCUT2D eigenvalue weighted by atomic mass is 32.1. The van der Waals surface area contributed by atoms with Crippen LogP contribution in [0, 0.1) is 11.6 Å². The summed E-state index contributed by atoms with van der Waals surface area (Å²) in [5, 5.41) is 2.03. The van der Waals surface area contributed by atoms with Crippen LogP contribution in [-0.2, 0) is 13.0 Å². The lowest BCUT2D eigenvalue weighted by atomic mass is 10.1. The molecular formula is C13H12F2N2S. The number of nitrogens with zero attached hydrogens (tertiary/aromatic N) is 1. The molecule has 5 heteroatoms. The van der Waals surface area contributed by atoms with E-state index in [9.17, 15) is 8.78 Å². The summed E-state index contributed by atoms with van der Waals surface area (Å²) < 4.78 is 27.1. The highest BCUT2D eigenvalue weighted by Gasteiger charge is 2.23. The van der Waals surface area contributed by atoms with Gasteiger partial charge in [0.1, 0.15) is 0 Å². The molecule has 1 aromatic heterocycles. The quantitative estimate of drug-likeness (QED) is 0.803. The van der Waals surface area contributed by atoms with Crippen molar-refractivity contribution in [2.45, 2.75) is 13.0 Å². The topological polar surface area (TPSA) is 29.3 Å². The number of rotatable bonds is 1. The van der Waals surface area contributed by atoms with Crippen LogP contribution in [0.5, 0.6) is 0 Å². The van der Waals surface area contributed by atoms with Gasteiger partial charge in [-0.3, -0.25) is 0 Å². The van der Waals surface area contributed by atoms with Crippen LogP contribution in [0.4, 0.5) is 20.2 Å². The van der Waals surface area contributed by atoms with Crippen molar-refractivity contribution in [2.75, 3.05) is 17.2 Å². The Balaban J connectivity index is 2.00. The first-order valence-corrected chi connectivity index (χ1v) is 6.58. The third kappa shape index (κ3) is 1.75. The fourth-order valence-electron chi connectivity index (χ4n) is 2.32. The van der Waals surface area contributed by atoms with Gasteiger partial charge in [-0.25, -0.2) is 8.78 Å². The van der Waals surface area contributed by atoms with E-state index in [4.69, 9.17) is 5.73 Å². The highest BCUT2D eigenvalue weighted by Crippen LogP contribution is 2.33. The number of hydrogen-bond donors (Lipinski definition) is 1. The van der Waals surface area contributed by atoms with E-state index in [1.165, 1.54) is 16.5 Å². The average Bonchev–Trinajstić information content (AvgIpc) is 2.82. The van der Waals surface area contributed by atoms with Crippen LogP contribution in [0.15, 0.2) is 23.6 Å². The molecule has 2 N–H and O–H groups in total. The van der Waals surface area contributed by atoms with Gasteiger partial charge in [-0.1, -0.05) is 0 Å². The van der Waals surface area contributed by atoms with Crippen molar-refractivity contribution in [1.82, 2.24) is 0 Å². The Labute approximate surface area is 108 Å². The van der Waals surface area contributed by atoms with Gasteiger partial charge in [-0.15, -0.1) is 11.3 Å². The van der Waals surface area contributed by atoms with Crippen molar-refractivity contribution in [1.29, 1.82) is 0 Å². The average molecular weight is 266 g/mol. The predicted molar refractivity (Wildman–Crippen MR) is 69.8 cm³/mol. The molecule has 18 heavy (non-hydrogen) atoms. The van der Waals surface area contributed by atoms with Gasteiger partial charge in [0.25, 0.3) is 0 Å². The smallest absolute Gasteiger partial charge is 0.184 e. The number of nitrogen functional groups attached to an aromatic ring is 1. The van der Waals surface area contributed by atoms with Crippen molar-refractivity contribution in [2.24, 2.45) is 0 Å². The minimum atomic E-state index is -0.853. The molecule has 0 bridgehead atoms. The number of hydrogen-bond acceptors (Lipinski definition) is 3. The summed E-state index contributed by atoms with van der Waals surface area (Å²) in [7, 11) is 0. The predicted octanol–water partition coefficient (Wildman–Crippen LogP) is 3.17. The lowest BCUT2D eigenvalue weighted by Crippen LogP contribution is -2.31. The van der Waals surface area contributed by atoms with Gasteiger partial charge in [0, 0.05) is 18.0 Å². The Hall–Kier alpha value is -1.62. The molecule has 94 valence electrons. The van der Waals surface area contributed by atoms with Gasteiger partial charge in [0.2, 0.25) is 0 Å². The maximum Gasteiger partial charge on any atom is 0.184 e. The molecule has 0 fully saturated rings. The monoisotopic (exact) mass is 266 g/mol. The van der Waals surface area contributed by atoms with Crippen molar-refractivity contribution in [3.05, 3.63) is 45.7 Å². The largest absolute Gasteiger partial charge is 0.397 e. The van der Waals surface area contributed by atoms with E-state index in [0.717, 1.165) is 12.5 Å². The third-order valence-electron chi connectivity index (χ3n) is 3.22. The van der Waals surface area contributed by atoms with Gasteiger partial charge >= 0.3 is 0 Å². The zero-order valence-corrected chi connectivity index (χ0v) is 10.4. The van der Waals surface area contributed by atoms with Gasteiger partial charge in [0.05, 0.1) is 11.4 Å².